The van der Waals surface area contributed by atoms with Crippen molar-refractivity contribution in [2.45, 2.75) is 13.0 Å². The summed E-state index contributed by atoms with van der Waals surface area (Å²) in [7, 11) is 1.69. The quantitative estimate of drug-likeness (QED) is 0.749. The van der Waals surface area contributed by atoms with Gasteiger partial charge in [0.1, 0.15) is 0 Å². The third kappa shape index (κ3) is 5.33. The van der Waals surface area contributed by atoms with Gasteiger partial charge in [0, 0.05) is 37.5 Å². The molecule has 0 aromatic carbocycles. The lowest BCUT2D eigenvalue weighted by Gasteiger charge is -2.08. The predicted octanol–water partition coefficient (Wildman–Crippen LogP) is 2.00. The van der Waals surface area contributed by atoms with Gasteiger partial charge in [0.2, 0.25) is 0 Å². The van der Waals surface area contributed by atoms with Crippen molar-refractivity contribution >= 4 is 31.9 Å². The minimum Gasteiger partial charge on any atom is -0.385 e. The summed E-state index contributed by atoms with van der Waals surface area (Å²) in [5.41, 5.74) is -0.00751. The highest BCUT2D eigenvalue weighted by molar-refractivity contribution is 9.11. The first-order valence-corrected chi connectivity index (χ1v) is 6.99. The second kappa shape index (κ2) is 8.02. The van der Waals surface area contributed by atoms with Crippen LogP contribution in [0.3, 0.4) is 0 Å². The van der Waals surface area contributed by atoms with E-state index in [0.29, 0.717) is 11.0 Å². The van der Waals surface area contributed by atoms with Crippen LogP contribution in [0.4, 0.5) is 0 Å². The van der Waals surface area contributed by atoms with Crippen LogP contribution < -0.4 is 10.9 Å². The number of pyridine rings is 1. The molecular weight excluding hydrogens is 352 g/mol. The summed E-state index contributed by atoms with van der Waals surface area (Å²) in [6, 6.07) is 1.75. The summed E-state index contributed by atoms with van der Waals surface area (Å²) < 4.78 is 8.09. The summed E-state index contributed by atoms with van der Waals surface area (Å²) >= 11 is 6.60. The van der Waals surface area contributed by atoms with E-state index in [1.807, 2.05) is 0 Å². The van der Waals surface area contributed by atoms with Crippen molar-refractivity contribution in [2.24, 2.45) is 0 Å². The number of halogens is 2. The van der Waals surface area contributed by atoms with Crippen molar-refractivity contribution in [3.63, 3.8) is 0 Å². The highest BCUT2D eigenvalue weighted by atomic mass is 79.9. The van der Waals surface area contributed by atoms with E-state index in [4.69, 9.17) is 4.74 Å². The first-order chi connectivity index (χ1) is 8.15. The maximum atomic E-state index is 11.7. The van der Waals surface area contributed by atoms with Crippen molar-refractivity contribution in [1.29, 1.82) is 0 Å². The lowest BCUT2D eigenvalue weighted by molar-refractivity contribution is 0.194. The molecule has 0 fully saturated rings. The third-order valence-electron chi connectivity index (χ3n) is 2.24. The molecule has 0 amide bonds. The Labute approximate surface area is 118 Å². The van der Waals surface area contributed by atoms with Crippen LogP contribution >= 0.6 is 31.9 Å². The second-order valence-corrected chi connectivity index (χ2v) is 5.37. The molecule has 17 heavy (non-hydrogen) atoms. The largest absolute Gasteiger partial charge is 0.385 e. The average molecular weight is 368 g/mol. The highest BCUT2D eigenvalue weighted by Gasteiger charge is 2.02. The molecule has 0 bridgehead atoms. The number of hydrogen-bond acceptors (Lipinski definition) is 3. The van der Waals surface area contributed by atoms with Gasteiger partial charge in [-0.1, -0.05) is 0 Å². The molecule has 1 aromatic heterocycles. The number of hydrogen-bond donors (Lipinski definition) is 1. The fraction of sp³-hybridized carbons (Fsp3) is 0.545. The van der Waals surface area contributed by atoms with E-state index in [-0.39, 0.29) is 5.56 Å². The number of nitrogens with zero attached hydrogens (tertiary/aromatic N) is 1. The fourth-order valence-electron chi connectivity index (χ4n) is 1.40. The molecule has 0 aliphatic heterocycles. The zero-order chi connectivity index (χ0) is 12.7. The van der Waals surface area contributed by atoms with Crippen LogP contribution in [0.15, 0.2) is 26.0 Å². The van der Waals surface area contributed by atoms with E-state index in [9.17, 15) is 4.79 Å². The Bertz CT molecular complexity index is 407. The maximum Gasteiger partial charge on any atom is 0.264 e. The van der Waals surface area contributed by atoms with Crippen molar-refractivity contribution in [1.82, 2.24) is 9.88 Å². The van der Waals surface area contributed by atoms with Crippen molar-refractivity contribution in [3.8, 4) is 0 Å². The van der Waals surface area contributed by atoms with Gasteiger partial charge in [-0.3, -0.25) is 4.79 Å². The Balaban J connectivity index is 2.39. The Hall–Kier alpha value is -0.170. The van der Waals surface area contributed by atoms with Gasteiger partial charge in [-0.25, -0.2) is 0 Å². The van der Waals surface area contributed by atoms with Crippen LogP contribution in [0.1, 0.15) is 6.42 Å². The van der Waals surface area contributed by atoms with Crippen LogP contribution in [0.2, 0.25) is 0 Å². The molecule has 6 heteroatoms. The predicted molar refractivity (Wildman–Crippen MR) is 75.5 cm³/mol. The number of aromatic nitrogens is 1. The van der Waals surface area contributed by atoms with Crippen LogP contribution in [-0.4, -0.2) is 31.4 Å². The lowest BCUT2D eigenvalue weighted by Crippen LogP contribution is -2.28. The SMILES string of the molecule is COCCCNCCn1cc(Br)cc(Br)c1=O. The Morgan fingerprint density at radius 3 is 2.88 bits per heavy atom. The Kier molecular flexibility index (Phi) is 7.03. The molecule has 1 aromatic rings. The molecule has 1 N–H and O–H groups in total. The van der Waals surface area contributed by atoms with E-state index in [1.54, 1.807) is 23.9 Å². The number of rotatable bonds is 7. The molecule has 0 radical (unpaired) electrons. The van der Waals surface area contributed by atoms with Gasteiger partial charge < -0.3 is 14.6 Å². The van der Waals surface area contributed by atoms with Crippen LogP contribution in [0, 0.1) is 0 Å². The summed E-state index contributed by atoms with van der Waals surface area (Å²) in [4.78, 5) is 11.7. The van der Waals surface area contributed by atoms with Gasteiger partial charge in [0.25, 0.3) is 5.56 Å². The highest BCUT2D eigenvalue weighted by Crippen LogP contribution is 2.12. The lowest BCUT2D eigenvalue weighted by atomic mass is 10.4. The topological polar surface area (TPSA) is 43.3 Å². The minimum absolute atomic E-state index is 0.00751. The average Bonchev–Trinajstić information content (AvgIpc) is 2.29. The van der Waals surface area contributed by atoms with Gasteiger partial charge in [0.15, 0.2) is 0 Å². The molecule has 4 nitrogen and oxygen atoms in total. The van der Waals surface area contributed by atoms with Gasteiger partial charge in [-0.2, -0.15) is 0 Å². The normalized spacial score (nSPS) is 10.8. The molecule has 0 saturated carbocycles. The van der Waals surface area contributed by atoms with Gasteiger partial charge in [0.05, 0.1) is 4.47 Å². The summed E-state index contributed by atoms with van der Waals surface area (Å²) in [6.45, 7) is 3.09. The van der Waals surface area contributed by atoms with Gasteiger partial charge in [-0.05, 0) is 50.9 Å². The van der Waals surface area contributed by atoms with E-state index in [2.05, 4.69) is 37.2 Å². The summed E-state index contributed by atoms with van der Waals surface area (Å²) in [5, 5.41) is 3.26. The Morgan fingerprint density at radius 2 is 2.18 bits per heavy atom. The van der Waals surface area contributed by atoms with E-state index >= 15 is 0 Å². The molecule has 96 valence electrons. The van der Waals surface area contributed by atoms with Crippen LogP contribution in [-0.2, 0) is 11.3 Å². The molecule has 1 rings (SSSR count). The van der Waals surface area contributed by atoms with Crippen LogP contribution in [0.5, 0.6) is 0 Å². The Morgan fingerprint density at radius 1 is 1.41 bits per heavy atom. The van der Waals surface area contributed by atoms with Crippen molar-refractivity contribution in [3.05, 3.63) is 31.6 Å². The second-order valence-electron chi connectivity index (χ2n) is 3.60. The fourth-order valence-corrected chi connectivity index (χ4v) is 2.65. The van der Waals surface area contributed by atoms with E-state index < -0.39 is 0 Å². The van der Waals surface area contributed by atoms with Crippen LogP contribution in [0.25, 0.3) is 0 Å². The molecule has 0 unspecified atom stereocenters. The monoisotopic (exact) mass is 366 g/mol. The molecule has 0 aliphatic carbocycles. The molecule has 1 heterocycles. The van der Waals surface area contributed by atoms with E-state index in [1.165, 1.54) is 0 Å². The minimum atomic E-state index is -0.00751. The molecule has 0 spiro atoms. The summed E-state index contributed by atoms with van der Waals surface area (Å²) in [5.74, 6) is 0. The summed E-state index contributed by atoms with van der Waals surface area (Å²) in [6.07, 6.45) is 2.78. The van der Waals surface area contributed by atoms with E-state index in [0.717, 1.165) is 30.6 Å². The third-order valence-corrected chi connectivity index (χ3v) is 3.24. The molecule has 0 saturated heterocycles. The first kappa shape index (κ1) is 14.9. The van der Waals surface area contributed by atoms with Crippen molar-refractivity contribution in [2.75, 3.05) is 26.8 Å². The number of ether oxygens (including phenoxy) is 1. The zero-order valence-corrected chi connectivity index (χ0v) is 12.9. The van der Waals surface area contributed by atoms with Gasteiger partial charge in [-0.15, -0.1) is 0 Å². The smallest absolute Gasteiger partial charge is 0.264 e. The van der Waals surface area contributed by atoms with Crippen molar-refractivity contribution < 1.29 is 4.74 Å². The first-order valence-electron chi connectivity index (χ1n) is 5.40. The molecular formula is C11H16Br2N2O2. The van der Waals surface area contributed by atoms with Gasteiger partial charge >= 0.3 is 0 Å². The number of methoxy groups -OCH3 is 1. The standard InChI is InChI=1S/C11H16Br2N2O2/c1-17-6-2-3-14-4-5-15-8-9(12)7-10(13)11(15)16/h7-8,14H,2-6H2,1H3. The molecule has 0 aliphatic rings. The molecule has 0 atom stereocenters. The maximum absolute atomic E-state index is 11.7. The number of nitrogens with one attached hydrogen (secondary N) is 1. The zero-order valence-electron chi connectivity index (χ0n) is 9.71.